The minimum atomic E-state index is -1.31. The van der Waals surface area contributed by atoms with Crippen LogP contribution in [0.25, 0.3) is 0 Å². The fourth-order valence-corrected chi connectivity index (χ4v) is 4.20. The van der Waals surface area contributed by atoms with E-state index in [1.54, 1.807) is 30.7 Å². The zero-order chi connectivity index (χ0) is 26.1. The van der Waals surface area contributed by atoms with Gasteiger partial charge in [-0.25, -0.2) is 33.1 Å². The molecule has 0 bridgehead atoms. The summed E-state index contributed by atoms with van der Waals surface area (Å²) < 4.78 is 41.8. The molecule has 1 aliphatic rings. The summed E-state index contributed by atoms with van der Waals surface area (Å²) in [5.74, 6) is -4.08. The number of anilines is 4. The van der Waals surface area contributed by atoms with Gasteiger partial charge in [0.2, 0.25) is 5.95 Å². The van der Waals surface area contributed by atoms with Crippen LogP contribution in [0.15, 0.2) is 49.2 Å². The van der Waals surface area contributed by atoms with Gasteiger partial charge in [0.15, 0.2) is 11.6 Å². The third-order valence-electron chi connectivity index (χ3n) is 6.18. The molecule has 2 aromatic heterocycles. The van der Waals surface area contributed by atoms with Crippen molar-refractivity contribution in [3.8, 4) is 0 Å². The molecule has 37 heavy (non-hydrogen) atoms. The van der Waals surface area contributed by atoms with Gasteiger partial charge in [-0.2, -0.15) is 0 Å². The van der Waals surface area contributed by atoms with E-state index in [1.165, 1.54) is 6.33 Å². The summed E-state index contributed by atoms with van der Waals surface area (Å²) in [5, 5.41) is 5.68. The highest BCUT2D eigenvalue weighted by molar-refractivity contribution is 6.04. The van der Waals surface area contributed by atoms with Gasteiger partial charge in [-0.3, -0.25) is 4.79 Å². The maximum absolute atomic E-state index is 14.4. The van der Waals surface area contributed by atoms with E-state index in [1.807, 2.05) is 13.0 Å². The lowest BCUT2D eigenvalue weighted by atomic mass is 10.0. The molecule has 2 N–H and O–H groups in total. The van der Waals surface area contributed by atoms with E-state index in [2.05, 4.69) is 35.5 Å². The van der Waals surface area contributed by atoms with Crippen molar-refractivity contribution >= 4 is 28.9 Å². The minimum absolute atomic E-state index is 0.402. The van der Waals surface area contributed by atoms with Gasteiger partial charge >= 0.3 is 0 Å². The second kappa shape index (κ2) is 9.84. The van der Waals surface area contributed by atoms with Crippen molar-refractivity contribution in [1.82, 2.24) is 19.9 Å². The van der Waals surface area contributed by atoms with Crippen LogP contribution in [0.2, 0.25) is 0 Å². The Labute approximate surface area is 210 Å². The van der Waals surface area contributed by atoms with Gasteiger partial charge in [-0.15, -0.1) is 0 Å². The lowest BCUT2D eigenvalue weighted by molar-refractivity contribution is 0.102. The number of aryl methyl sites for hydroxylation is 1. The highest BCUT2D eigenvalue weighted by Crippen LogP contribution is 2.30. The van der Waals surface area contributed by atoms with E-state index in [0.29, 0.717) is 42.9 Å². The molecule has 3 heterocycles. The maximum atomic E-state index is 14.4. The molecule has 0 atom stereocenters. The van der Waals surface area contributed by atoms with E-state index >= 15 is 0 Å². The molecule has 0 saturated heterocycles. The first-order valence-corrected chi connectivity index (χ1v) is 11.5. The topological polar surface area (TPSA) is 95.9 Å². The van der Waals surface area contributed by atoms with Crippen LogP contribution in [0.4, 0.5) is 36.2 Å². The van der Waals surface area contributed by atoms with Crippen molar-refractivity contribution in [2.75, 3.05) is 22.1 Å². The number of aromatic nitrogens is 4. The summed E-state index contributed by atoms with van der Waals surface area (Å²) >= 11 is 0. The SMILES string of the molecule is Cc1ccc(NC(=O)c2cc(F)c(F)c(C)c2F)cc1N1CCc2nc(Nc3cncnc3)ncc2C1. The Kier molecular flexibility index (Phi) is 6.43. The van der Waals surface area contributed by atoms with Crippen LogP contribution in [0.1, 0.15) is 32.7 Å². The molecule has 5 rings (SSSR count). The third kappa shape index (κ3) is 4.92. The fourth-order valence-electron chi connectivity index (χ4n) is 4.20. The molecule has 4 aromatic rings. The Hall–Kier alpha value is -4.54. The summed E-state index contributed by atoms with van der Waals surface area (Å²) in [5.41, 5.74) is 3.72. The monoisotopic (exact) mass is 505 g/mol. The number of hydrogen-bond acceptors (Lipinski definition) is 7. The quantitative estimate of drug-likeness (QED) is 0.374. The summed E-state index contributed by atoms with van der Waals surface area (Å²) in [6.07, 6.45) is 7.16. The second-order valence-electron chi connectivity index (χ2n) is 8.70. The average Bonchev–Trinajstić information content (AvgIpc) is 2.91. The van der Waals surface area contributed by atoms with Crippen molar-refractivity contribution in [2.24, 2.45) is 0 Å². The van der Waals surface area contributed by atoms with Crippen molar-refractivity contribution < 1.29 is 18.0 Å². The molecule has 11 heteroatoms. The van der Waals surface area contributed by atoms with Gasteiger partial charge in [0.05, 0.1) is 29.3 Å². The van der Waals surface area contributed by atoms with E-state index in [9.17, 15) is 18.0 Å². The van der Waals surface area contributed by atoms with Crippen LogP contribution in [0.5, 0.6) is 0 Å². The number of amides is 1. The number of rotatable bonds is 5. The highest BCUT2D eigenvalue weighted by atomic mass is 19.2. The number of carbonyl (C=O) groups is 1. The maximum Gasteiger partial charge on any atom is 0.258 e. The van der Waals surface area contributed by atoms with Crippen LogP contribution < -0.4 is 15.5 Å². The van der Waals surface area contributed by atoms with Crippen molar-refractivity contribution in [3.63, 3.8) is 0 Å². The Bertz CT molecular complexity index is 1500. The number of benzene rings is 2. The van der Waals surface area contributed by atoms with Gasteiger partial charge in [0.1, 0.15) is 12.1 Å². The number of nitrogens with zero attached hydrogens (tertiary/aromatic N) is 5. The van der Waals surface area contributed by atoms with Crippen LogP contribution in [0.3, 0.4) is 0 Å². The van der Waals surface area contributed by atoms with Crippen molar-refractivity contribution in [3.05, 3.63) is 94.6 Å². The predicted octanol–water partition coefficient (Wildman–Crippen LogP) is 4.86. The molecule has 0 spiro atoms. The Balaban J connectivity index is 1.33. The summed E-state index contributed by atoms with van der Waals surface area (Å²) in [4.78, 5) is 31.8. The number of halogens is 3. The molecule has 0 saturated carbocycles. The minimum Gasteiger partial charge on any atom is -0.366 e. The van der Waals surface area contributed by atoms with Gasteiger partial charge in [-0.1, -0.05) is 6.07 Å². The average molecular weight is 506 g/mol. The van der Waals surface area contributed by atoms with E-state index in [-0.39, 0.29) is 0 Å². The summed E-state index contributed by atoms with van der Waals surface area (Å²) in [7, 11) is 0. The first-order chi connectivity index (χ1) is 17.8. The highest BCUT2D eigenvalue weighted by Gasteiger charge is 2.23. The second-order valence-corrected chi connectivity index (χ2v) is 8.70. The van der Waals surface area contributed by atoms with Crippen molar-refractivity contribution in [2.45, 2.75) is 26.8 Å². The Morgan fingerprint density at radius 3 is 2.57 bits per heavy atom. The van der Waals surface area contributed by atoms with Crippen LogP contribution in [0, 0.1) is 31.3 Å². The zero-order valence-electron chi connectivity index (χ0n) is 20.0. The number of nitrogens with one attached hydrogen (secondary N) is 2. The molecule has 0 unspecified atom stereocenters. The number of carbonyl (C=O) groups excluding carboxylic acids is 1. The normalized spacial score (nSPS) is 12.7. The first-order valence-electron chi connectivity index (χ1n) is 11.5. The summed E-state index contributed by atoms with van der Waals surface area (Å²) in [6, 6.07) is 5.85. The predicted molar refractivity (Wildman–Crippen MR) is 132 cm³/mol. The zero-order valence-corrected chi connectivity index (χ0v) is 20.0. The smallest absolute Gasteiger partial charge is 0.258 e. The Morgan fingerprint density at radius 1 is 1.00 bits per heavy atom. The lowest BCUT2D eigenvalue weighted by Gasteiger charge is -2.31. The molecule has 188 valence electrons. The molecular weight excluding hydrogens is 483 g/mol. The molecule has 0 fully saturated rings. The summed E-state index contributed by atoms with van der Waals surface area (Å²) in [6.45, 7) is 4.26. The van der Waals surface area contributed by atoms with E-state index in [4.69, 9.17) is 0 Å². The van der Waals surface area contributed by atoms with Gasteiger partial charge in [-0.05, 0) is 37.6 Å². The van der Waals surface area contributed by atoms with E-state index < -0.39 is 34.5 Å². The largest absolute Gasteiger partial charge is 0.366 e. The first kappa shape index (κ1) is 24.2. The third-order valence-corrected chi connectivity index (χ3v) is 6.18. The Morgan fingerprint density at radius 2 is 1.78 bits per heavy atom. The fraction of sp³-hybridized carbons (Fsp3) is 0.192. The molecule has 0 radical (unpaired) electrons. The van der Waals surface area contributed by atoms with Gasteiger partial charge in [0, 0.05) is 48.2 Å². The van der Waals surface area contributed by atoms with Gasteiger partial charge < -0.3 is 15.5 Å². The molecule has 1 amide bonds. The van der Waals surface area contributed by atoms with Crippen LogP contribution in [-0.4, -0.2) is 32.4 Å². The molecule has 2 aromatic carbocycles. The standard InChI is InChI=1S/C26H22F3N7O/c1-14-3-4-17(33-25(37)19-8-20(27)24(29)15(2)23(19)28)7-22(14)36-6-5-21-16(12-36)9-32-26(35-21)34-18-10-30-13-31-11-18/h3-4,7-11,13H,5-6,12H2,1-2H3,(H,33,37)(H,32,34,35). The number of hydrogen-bond donors (Lipinski definition) is 2. The van der Waals surface area contributed by atoms with Crippen molar-refractivity contribution in [1.29, 1.82) is 0 Å². The van der Waals surface area contributed by atoms with Gasteiger partial charge in [0.25, 0.3) is 5.91 Å². The van der Waals surface area contributed by atoms with E-state index in [0.717, 1.165) is 29.4 Å². The molecule has 1 aliphatic heterocycles. The van der Waals surface area contributed by atoms with Crippen LogP contribution in [-0.2, 0) is 13.0 Å². The number of fused-ring (bicyclic) bond motifs is 1. The molecule has 0 aliphatic carbocycles. The van der Waals surface area contributed by atoms with Crippen LogP contribution >= 0.6 is 0 Å². The molecular formula is C26H22F3N7O. The molecule has 8 nitrogen and oxygen atoms in total. The lowest BCUT2D eigenvalue weighted by Crippen LogP contribution is -2.32.